The fourth-order valence-corrected chi connectivity index (χ4v) is 3.67. The van der Waals surface area contributed by atoms with Gasteiger partial charge in [0.05, 0.1) is 22.6 Å². The third-order valence-electron chi connectivity index (χ3n) is 5.08. The highest BCUT2D eigenvalue weighted by atomic mass is 19.1. The van der Waals surface area contributed by atoms with E-state index in [2.05, 4.69) is 10.4 Å². The van der Waals surface area contributed by atoms with Gasteiger partial charge in [0, 0.05) is 24.3 Å². The van der Waals surface area contributed by atoms with E-state index < -0.39 is 0 Å². The lowest BCUT2D eigenvalue weighted by atomic mass is 10.1. The van der Waals surface area contributed by atoms with Gasteiger partial charge in [-0.2, -0.15) is 5.10 Å². The van der Waals surface area contributed by atoms with Gasteiger partial charge in [0.15, 0.2) is 0 Å². The Hall–Kier alpha value is -3.48. The van der Waals surface area contributed by atoms with Gasteiger partial charge in [-0.25, -0.2) is 9.07 Å². The molecule has 148 valence electrons. The van der Waals surface area contributed by atoms with Crippen LogP contribution in [0.25, 0.3) is 5.69 Å². The number of aryl methyl sites for hydroxylation is 1. The summed E-state index contributed by atoms with van der Waals surface area (Å²) >= 11 is 0. The van der Waals surface area contributed by atoms with Crippen molar-refractivity contribution in [1.82, 2.24) is 9.78 Å². The molecule has 1 fully saturated rings. The molecule has 0 atom stereocenters. The molecule has 0 aliphatic carbocycles. The second kappa shape index (κ2) is 7.50. The number of hydrogen-bond donors (Lipinski definition) is 1. The van der Waals surface area contributed by atoms with Crippen LogP contribution in [-0.2, 0) is 4.79 Å². The van der Waals surface area contributed by atoms with Gasteiger partial charge in [-0.15, -0.1) is 0 Å². The van der Waals surface area contributed by atoms with Crippen molar-refractivity contribution in [2.24, 2.45) is 0 Å². The number of hydrogen-bond acceptors (Lipinski definition) is 3. The number of rotatable bonds is 4. The van der Waals surface area contributed by atoms with E-state index in [0.717, 1.165) is 12.1 Å². The van der Waals surface area contributed by atoms with Crippen LogP contribution in [0.15, 0.2) is 48.5 Å². The number of benzene rings is 2. The van der Waals surface area contributed by atoms with Crippen LogP contribution in [0.3, 0.4) is 0 Å². The van der Waals surface area contributed by atoms with Crippen LogP contribution in [0, 0.1) is 19.7 Å². The molecule has 0 saturated carbocycles. The summed E-state index contributed by atoms with van der Waals surface area (Å²) in [6.45, 7) is 4.26. The third-order valence-corrected chi connectivity index (χ3v) is 5.08. The van der Waals surface area contributed by atoms with Gasteiger partial charge in [0.1, 0.15) is 5.82 Å². The Morgan fingerprint density at radius 1 is 1.10 bits per heavy atom. The summed E-state index contributed by atoms with van der Waals surface area (Å²) in [7, 11) is 0. The van der Waals surface area contributed by atoms with Crippen molar-refractivity contribution in [1.29, 1.82) is 0 Å². The summed E-state index contributed by atoms with van der Waals surface area (Å²) in [5, 5.41) is 7.35. The average molecular weight is 392 g/mol. The van der Waals surface area contributed by atoms with Crippen molar-refractivity contribution < 1.29 is 14.0 Å². The molecule has 4 rings (SSSR count). The smallest absolute Gasteiger partial charge is 0.259 e. The number of halogens is 1. The first-order valence-corrected chi connectivity index (χ1v) is 9.48. The molecule has 29 heavy (non-hydrogen) atoms. The van der Waals surface area contributed by atoms with Crippen molar-refractivity contribution in [3.05, 3.63) is 71.3 Å². The zero-order chi connectivity index (χ0) is 20.5. The molecule has 3 aromatic rings. The number of aromatic nitrogens is 2. The molecule has 1 aromatic heterocycles. The van der Waals surface area contributed by atoms with E-state index in [1.54, 1.807) is 47.7 Å². The first kappa shape index (κ1) is 18.9. The van der Waals surface area contributed by atoms with E-state index in [9.17, 15) is 14.0 Å². The van der Waals surface area contributed by atoms with Gasteiger partial charge in [0.25, 0.3) is 5.91 Å². The largest absolute Gasteiger partial charge is 0.322 e. The predicted octanol–water partition coefficient (Wildman–Crippen LogP) is 4.01. The quantitative estimate of drug-likeness (QED) is 0.730. The van der Waals surface area contributed by atoms with Gasteiger partial charge in [-0.1, -0.05) is 6.07 Å². The van der Waals surface area contributed by atoms with Gasteiger partial charge in [-0.05, 0) is 62.7 Å². The summed E-state index contributed by atoms with van der Waals surface area (Å²) in [6.07, 6.45) is 1.40. The molecule has 0 radical (unpaired) electrons. The van der Waals surface area contributed by atoms with Crippen LogP contribution in [0.4, 0.5) is 15.8 Å². The van der Waals surface area contributed by atoms with Crippen LogP contribution < -0.4 is 10.2 Å². The monoisotopic (exact) mass is 392 g/mol. The zero-order valence-corrected chi connectivity index (χ0v) is 16.3. The van der Waals surface area contributed by atoms with E-state index in [4.69, 9.17) is 0 Å². The molecule has 0 unspecified atom stereocenters. The van der Waals surface area contributed by atoms with Crippen molar-refractivity contribution >= 4 is 23.2 Å². The van der Waals surface area contributed by atoms with Crippen molar-refractivity contribution in [2.45, 2.75) is 26.7 Å². The van der Waals surface area contributed by atoms with Gasteiger partial charge in [0.2, 0.25) is 5.91 Å². The minimum atomic E-state index is -0.329. The Bertz CT molecular complexity index is 1090. The molecule has 2 amide bonds. The Morgan fingerprint density at radius 3 is 2.55 bits per heavy atom. The Kier molecular flexibility index (Phi) is 4.88. The normalized spacial score (nSPS) is 13.8. The summed E-state index contributed by atoms with van der Waals surface area (Å²) in [4.78, 5) is 26.7. The van der Waals surface area contributed by atoms with Crippen LogP contribution in [0.5, 0.6) is 0 Å². The highest BCUT2D eigenvalue weighted by Crippen LogP contribution is 2.25. The lowest BCUT2D eigenvalue weighted by molar-refractivity contribution is -0.117. The molecule has 1 aliphatic heterocycles. The SMILES string of the molecule is Cc1nn(-c2ccc(F)cc2)c(C)c1C(=O)Nc1cccc(N2CCCC2=O)c1. The maximum atomic E-state index is 13.2. The lowest BCUT2D eigenvalue weighted by Gasteiger charge is -2.16. The van der Waals surface area contributed by atoms with Crippen LogP contribution in [-0.4, -0.2) is 28.1 Å². The van der Waals surface area contributed by atoms with Crippen LogP contribution in [0.1, 0.15) is 34.6 Å². The Morgan fingerprint density at radius 2 is 1.86 bits per heavy atom. The molecule has 1 N–H and O–H groups in total. The summed E-state index contributed by atoms with van der Waals surface area (Å²) < 4.78 is 14.8. The third kappa shape index (κ3) is 3.63. The molecule has 0 bridgehead atoms. The molecule has 2 heterocycles. The number of carbonyl (C=O) groups is 2. The Balaban J connectivity index is 1.59. The fourth-order valence-electron chi connectivity index (χ4n) is 3.67. The van der Waals surface area contributed by atoms with Crippen LogP contribution in [0.2, 0.25) is 0 Å². The molecular formula is C22H21FN4O2. The molecule has 1 saturated heterocycles. The highest BCUT2D eigenvalue weighted by molar-refractivity contribution is 6.06. The van der Waals surface area contributed by atoms with E-state index in [-0.39, 0.29) is 17.6 Å². The van der Waals surface area contributed by atoms with Crippen LogP contribution >= 0.6 is 0 Å². The van der Waals surface area contributed by atoms with Gasteiger partial charge in [-0.3, -0.25) is 9.59 Å². The first-order valence-electron chi connectivity index (χ1n) is 9.48. The van der Waals surface area contributed by atoms with Gasteiger partial charge >= 0.3 is 0 Å². The minimum Gasteiger partial charge on any atom is -0.322 e. The summed E-state index contributed by atoms with van der Waals surface area (Å²) in [5.41, 5.74) is 3.78. The van der Waals surface area contributed by atoms with Crippen molar-refractivity contribution in [3.8, 4) is 5.69 Å². The summed E-state index contributed by atoms with van der Waals surface area (Å²) in [5.74, 6) is -0.511. The lowest BCUT2D eigenvalue weighted by Crippen LogP contribution is -2.23. The number of nitrogens with one attached hydrogen (secondary N) is 1. The standard InChI is InChI=1S/C22H21FN4O2/c1-14-21(15(2)27(25-14)18-10-8-16(23)9-11-18)22(29)24-17-5-3-6-19(13-17)26-12-4-7-20(26)28/h3,5-6,8-11,13H,4,7,12H2,1-2H3,(H,24,29). The maximum absolute atomic E-state index is 13.2. The second-order valence-corrected chi connectivity index (χ2v) is 7.09. The Labute approximate surface area is 167 Å². The topological polar surface area (TPSA) is 67.2 Å². The van der Waals surface area contributed by atoms with E-state index in [1.807, 2.05) is 12.1 Å². The minimum absolute atomic E-state index is 0.0979. The second-order valence-electron chi connectivity index (χ2n) is 7.09. The first-order chi connectivity index (χ1) is 13.9. The molecule has 0 spiro atoms. The number of amides is 2. The predicted molar refractivity (Wildman–Crippen MR) is 109 cm³/mol. The molecular weight excluding hydrogens is 371 g/mol. The van der Waals surface area contributed by atoms with Crippen molar-refractivity contribution in [3.63, 3.8) is 0 Å². The molecule has 6 nitrogen and oxygen atoms in total. The van der Waals surface area contributed by atoms with E-state index >= 15 is 0 Å². The zero-order valence-electron chi connectivity index (χ0n) is 16.3. The maximum Gasteiger partial charge on any atom is 0.259 e. The highest BCUT2D eigenvalue weighted by Gasteiger charge is 2.23. The van der Waals surface area contributed by atoms with Gasteiger partial charge < -0.3 is 10.2 Å². The van der Waals surface area contributed by atoms with E-state index in [1.165, 1.54) is 12.1 Å². The number of anilines is 2. The summed E-state index contributed by atoms with van der Waals surface area (Å²) in [6, 6.07) is 13.2. The molecule has 2 aromatic carbocycles. The number of nitrogens with zero attached hydrogens (tertiary/aromatic N) is 3. The van der Waals surface area contributed by atoms with Crippen molar-refractivity contribution in [2.75, 3.05) is 16.8 Å². The molecule has 7 heteroatoms. The fraction of sp³-hybridized carbons (Fsp3) is 0.227. The molecule has 1 aliphatic rings. The number of carbonyl (C=O) groups excluding carboxylic acids is 2. The van der Waals surface area contributed by atoms with E-state index in [0.29, 0.717) is 41.3 Å². The average Bonchev–Trinajstić information content (AvgIpc) is 3.25.